The molecule has 0 saturated heterocycles. The number of carbonyl (C=O) groups excluding carboxylic acids is 1. The zero-order valence-electron chi connectivity index (χ0n) is 69.4. The fourth-order valence-corrected chi connectivity index (χ4v) is 17.5. The molecule has 656 valence electrons. The number of hydrogen-bond donors (Lipinski definition) is 9. The number of thiazole rings is 4. The number of aromatic nitrogens is 18. The number of amides is 1. The van der Waals surface area contributed by atoms with Gasteiger partial charge in [0.25, 0.3) is 0 Å². The largest absolute Gasteiger partial charge is 0.535 e. The van der Waals surface area contributed by atoms with Crippen LogP contribution in [0, 0.1) is 37.1 Å². The lowest BCUT2D eigenvalue weighted by molar-refractivity contribution is -0.136. The highest BCUT2D eigenvalue weighted by Gasteiger charge is 2.25. The highest BCUT2D eigenvalue weighted by atomic mass is 79.9. The third-order valence-electron chi connectivity index (χ3n) is 16.6. The number of hydrogen-bond acceptors (Lipinski definition) is 31. The Balaban J connectivity index is 0.000000161. The van der Waals surface area contributed by atoms with E-state index in [9.17, 15) is 27.2 Å². The first kappa shape index (κ1) is 97.3. The quantitative estimate of drug-likeness (QED) is 0.0157. The molecule has 16 aromatic rings. The lowest BCUT2D eigenvalue weighted by atomic mass is 9.81. The number of carboxylic acids is 1. The van der Waals surface area contributed by atoms with Gasteiger partial charge in [0.1, 0.15) is 43.3 Å². The molecular weight excluding hydrogens is 1940 g/mol. The van der Waals surface area contributed by atoms with Gasteiger partial charge in [-0.2, -0.15) is 9.03 Å². The highest BCUT2D eigenvalue weighted by molar-refractivity contribution is 9.11. The Morgan fingerprint density at radius 3 is 1.31 bits per heavy atom. The Hall–Kier alpha value is -11.9. The van der Waals surface area contributed by atoms with Crippen LogP contribution in [0.4, 0.5) is 41.4 Å². The van der Waals surface area contributed by atoms with E-state index < -0.39 is 29.6 Å². The van der Waals surface area contributed by atoms with Crippen LogP contribution in [0.3, 0.4) is 0 Å². The second kappa shape index (κ2) is 45.5. The molecule has 12 heterocycles. The van der Waals surface area contributed by atoms with Gasteiger partial charge in [-0.05, 0) is 233 Å². The van der Waals surface area contributed by atoms with E-state index in [0.29, 0.717) is 99.4 Å². The van der Waals surface area contributed by atoms with E-state index in [4.69, 9.17) is 53.2 Å². The first-order chi connectivity index (χ1) is 60.4. The summed E-state index contributed by atoms with van der Waals surface area (Å²) in [5.74, 6) is 0.474. The number of rotatable bonds is 19. The van der Waals surface area contributed by atoms with Gasteiger partial charge in [0.15, 0.2) is 37.1 Å². The van der Waals surface area contributed by atoms with E-state index in [0.717, 1.165) is 60.1 Å². The summed E-state index contributed by atoms with van der Waals surface area (Å²) in [7, 11) is -4.15. The van der Waals surface area contributed by atoms with Crippen LogP contribution < -0.4 is 39.4 Å². The van der Waals surface area contributed by atoms with Crippen molar-refractivity contribution in [1.29, 1.82) is 0 Å². The van der Waals surface area contributed by atoms with Crippen LogP contribution in [0.5, 0.6) is 0 Å². The monoisotopic (exact) mass is 2020 g/mol. The van der Waals surface area contributed by atoms with Crippen molar-refractivity contribution >= 4 is 175 Å². The average molecular weight is 2030 g/mol. The number of aliphatic carboxylic acids is 1. The van der Waals surface area contributed by atoms with Crippen LogP contribution in [0.2, 0.25) is 39.3 Å². The molecule has 0 aliphatic rings. The minimum atomic E-state index is -1.43. The molecule has 4 aromatic carbocycles. The molecule has 0 spiro atoms. The van der Waals surface area contributed by atoms with E-state index >= 15 is 0 Å². The lowest BCUT2D eigenvalue weighted by Gasteiger charge is -2.21. The van der Waals surface area contributed by atoms with Crippen molar-refractivity contribution in [2.45, 2.75) is 98.8 Å². The summed E-state index contributed by atoms with van der Waals surface area (Å²) in [6.07, 6.45) is 11.3. The number of carbonyl (C=O) groups is 2. The van der Waals surface area contributed by atoms with Gasteiger partial charge < -0.3 is 53.6 Å². The number of aryl methyl sites for hydroxylation is 2. The predicted octanol–water partition coefficient (Wildman–Crippen LogP) is 15.2. The summed E-state index contributed by atoms with van der Waals surface area (Å²) in [6, 6.07) is 31.1. The maximum atomic E-state index is 13.5. The zero-order valence-corrected chi connectivity index (χ0v) is 79.4. The number of nitrogens with zero attached hydrogens (tertiary/aromatic N) is 19. The van der Waals surface area contributed by atoms with Gasteiger partial charge in [0.2, 0.25) is 38.0 Å². The van der Waals surface area contributed by atoms with Crippen molar-refractivity contribution in [2.24, 2.45) is 10.4 Å². The summed E-state index contributed by atoms with van der Waals surface area (Å²) in [4.78, 5) is 81.4. The molecule has 0 saturated carbocycles. The molecule has 0 aliphatic carbocycles. The number of benzene rings is 4. The molecule has 12 aromatic heterocycles. The summed E-state index contributed by atoms with van der Waals surface area (Å²) >= 11 is 16.2. The second-order valence-corrected chi connectivity index (χ2v) is 44.1. The minimum Gasteiger partial charge on any atom is -0.535 e. The van der Waals surface area contributed by atoms with Crippen molar-refractivity contribution in [3.8, 4) is 56.2 Å². The van der Waals surface area contributed by atoms with Crippen LogP contribution in [0.25, 0.3) is 67.5 Å². The smallest absolute Gasteiger partial charge is 0.488 e. The Kier molecular flexibility index (Phi) is 34.9. The summed E-state index contributed by atoms with van der Waals surface area (Å²) in [6.45, 7) is 19.3. The van der Waals surface area contributed by atoms with E-state index in [2.05, 4.69) is 172 Å². The summed E-state index contributed by atoms with van der Waals surface area (Å²) < 4.78 is 67.8. The van der Waals surface area contributed by atoms with Gasteiger partial charge in [-0.1, -0.05) is 0 Å². The van der Waals surface area contributed by atoms with Gasteiger partial charge in [-0.15, -0.1) is 55.5 Å². The second-order valence-electron chi connectivity index (χ2n) is 28.9. The van der Waals surface area contributed by atoms with Crippen molar-refractivity contribution in [3.63, 3.8) is 0 Å². The molecule has 31 nitrogen and oxygen atoms in total. The van der Waals surface area contributed by atoms with Crippen LogP contribution >= 0.6 is 93.1 Å². The molecule has 0 unspecified atom stereocenters. The van der Waals surface area contributed by atoms with Crippen molar-refractivity contribution < 1.29 is 46.7 Å². The Labute approximate surface area is 769 Å². The van der Waals surface area contributed by atoms with Crippen LogP contribution in [0.1, 0.15) is 61.4 Å². The van der Waals surface area contributed by atoms with Gasteiger partial charge in [0, 0.05) is 106 Å². The van der Waals surface area contributed by atoms with Gasteiger partial charge in [0.05, 0.1) is 85.4 Å². The molecule has 45 heteroatoms. The molecule has 16 rings (SSSR count). The Morgan fingerprint density at radius 1 is 0.496 bits per heavy atom. The molecule has 0 bridgehead atoms. The van der Waals surface area contributed by atoms with Crippen LogP contribution in [0.15, 0.2) is 198 Å². The number of nitrogens with two attached hydrogens (primary N) is 5. The maximum Gasteiger partial charge on any atom is 0.488 e. The van der Waals surface area contributed by atoms with Gasteiger partial charge >= 0.3 is 13.1 Å². The number of pyridine rings is 2. The van der Waals surface area contributed by atoms with E-state index in [1.807, 2.05) is 42.1 Å². The average Bonchev–Trinajstić information content (AvgIpc) is 1.60. The summed E-state index contributed by atoms with van der Waals surface area (Å²) in [5, 5.41) is 48.0. The Bertz CT molecular complexity index is 6380. The number of fused-ring (bicyclic) bond motifs is 2. The molecule has 0 aliphatic heterocycles. The third kappa shape index (κ3) is 29.3. The summed E-state index contributed by atoms with van der Waals surface area (Å²) in [5.41, 5.74) is 40.5. The third-order valence-corrected chi connectivity index (χ3v) is 24.0. The molecule has 127 heavy (non-hydrogen) atoms. The van der Waals surface area contributed by atoms with Gasteiger partial charge in [-0.3, -0.25) is 24.2 Å². The Morgan fingerprint density at radius 2 is 0.898 bits per heavy atom. The normalized spacial score (nSPS) is 11.1. The first-order valence-corrected chi connectivity index (χ1v) is 50.8. The first-order valence-electron chi connectivity index (χ1n) is 38.1. The number of nitrogens with one attached hydrogen (secondary N) is 1. The van der Waals surface area contributed by atoms with Crippen LogP contribution in [-0.4, -0.2) is 146 Å². The number of anilines is 4. The van der Waals surface area contributed by atoms with Gasteiger partial charge in [-0.25, -0.2) is 77.4 Å². The standard InChI is InChI=1S/C21H16FN7S.C16H13BrFN5OS.C15H10BrFN6S.C11H10BrFN4.C8H21NOSi2.C6H8BNO2.C5H5NO2S/c1-12-10-14(6-7-24-12)18-19(13-2-4-15(22)5-3-13)27-21(23)29-20(18)26-16(28-29)11-17-25-8-9-30-17;17-14-11(8-21-12(24)7-13-20-5-6-25-13)22-16(19)23-15(14)9-1-3-10(18)4-2-9;16-12-13(8-1-3-9(17)4-2-8)21-15(18)23-14(12)20-10(22-23)7-11-19-5-6-24-11;12-9-8(5-14)16-11(15)17-10(9)6-1-3-7(13)4-2-6;1-8(9-11(2,3)4)10-12(5,6)7;1-5-4-6(7(9)10)2-3-8-5;7-5(8)3-4-6-1-2-9-4/h2-10H,11H2,1H3,(H2,23,27);1-6H,7-8H2,(H,21,24)(H2,19,22,23);1-6H,7H2,(H2,18,21);1-4H,5,14H2,(H2,15,16,17);1-7H3;2-4,9-10H,1H3;1-2H,3H2,(H,7,8). The van der Waals surface area contributed by atoms with E-state index in [1.54, 1.807) is 137 Å². The molecule has 0 atom stereocenters. The van der Waals surface area contributed by atoms with Crippen molar-refractivity contribution in [1.82, 2.24) is 94.3 Å². The maximum absolute atomic E-state index is 13.5. The predicted molar refractivity (Wildman–Crippen MR) is 504 cm³/mol. The molecular formula is C82H83BBr3F4N25O6S4Si2. The number of nitrogen functional groups attached to an aromatic ring is 4. The topological polar surface area (TPSA) is 474 Å². The van der Waals surface area contributed by atoms with E-state index in [1.165, 1.54) is 75.7 Å². The molecule has 1 amide bonds. The molecule has 0 radical (unpaired) electrons. The highest BCUT2D eigenvalue weighted by Crippen LogP contribution is 2.37. The van der Waals surface area contributed by atoms with E-state index in [-0.39, 0.29) is 78.9 Å². The lowest BCUT2D eigenvalue weighted by Crippen LogP contribution is -2.30. The molecule has 0 fully saturated rings. The SMILES string of the molecule is CC(=N[Si](C)(C)C)O[Si](C)(C)C.Cc1cc(-c2c(-c3ccc(F)cc3)nc(N)n3nc(Cc4nccs4)nc23)ccn1.Cc1cc(B(O)O)ccn1.NCc1nc(N)nc(-c2ccc(F)cc2)c1Br.Nc1nc(-c2ccc(F)cc2)c(Br)c2nc(Cc3nccs3)nn12.Nc1nc(CNC(=O)Cc2nccs2)c(Br)c(-c2ccc(F)cc2)n1.O=C(O)Cc1nccs1. The van der Waals surface area contributed by atoms with Crippen LogP contribution in [-0.2, 0) is 52.8 Å². The molecule has 14 N–H and O–H groups in total. The number of carboxylic acid groups (broad SMARTS) is 1. The minimum absolute atomic E-state index is 0.0394. The van der Waals surface area contributed by atoms with Crippen molar-refractivity contribution in [3.05, 3.63) is 271 Å². The number of halogens is 7. The fourth-order valence-electron chi connectivity index (χ4n) is 11.4. The van der Waals surface area contributed by atoms with Crippen molar-refractivity contribution in [2.75, 3.05) is 22.9 Å². The zero-order chi connectivity index (χ0) is 91.8. The fraction of sp³-hybridized carbons (Fsp3) is 0.183.